The molecule has 0 spiro atoms. The molecular formula is C12H22N2O2. The summed E-state index contributed by atoms with van der Waals surface area (Å²) in [7, 11) is 1.73. The Balaban J connectivity index is 1.81. The maximum absolute atomic E-state index is 12.0. The van der Waals surface area contributed by atoms with Crippen LogP contribution in [0, 0.1) is 0 Å². The van der Waals surface area contributed by atoms with Crippen LogP contribution in [0.4, 0.5) is 4.79 Å². The predicted molar refractivity (Wildman–Crippen MR) is 62.4 cm³/mol. The van der Waals surface area contributed by atoms with Crippen molar-refractivity contribution in [3.8, 4) is 0 Å². The number of nitrogens with zero attached hydrogens (tertiary/aromatic N) is 1. The Morgan fingerprint density at radius 2 is 1.94 bits per heavy atom. The van der Waals surface area contributed by atoms with Crippen molar-refractivity contribution in [2.24, 2.45) is 0 Å². The SMILES string of the molecule is COC1CCCC1NC(=O)N1CCCCC1. The normalized spacial score (nSPS) is 30.4. The fraction of sp³-hybridized carbons (Fsp3) is 0.917. The first-order chi connectivity index (χ1) is 7.81. The summed E-state index contributed by atoms with van der Waals surface area (Å²) in [6.45, 7) is 1.83. The lowest BCUT2D eigenvalue weighted by molar-refractivity contribution is 0.0841. The zero-order chi connectivity index (χ0) is 11.4. The molecule has 2 fully saturated rings. The lowest BCUT2D eigenvalue weighted by atomic mass is 10.1. The molecule has 0 radical (unpaired) electrons. The molecule has 1 aliphatic heterocycles. The second-order valence-corrected chi connectivity index (χ2v) is 4.81. The van der Waals surface area contributed by atoms with Crippen molar-refractivity contribution < 1.29 is 9.53 Å². The average Bonchev–Trinajstić information content (AvgIpc) is 2.77. The molecule has 2 rings (SSSR count). The van der Waals surface area contributed by atoms with E-state index >= 15 is 0 Å². The van der Waals surface area contributed by atoms with Crippen LogP contribution in [0.5, 0.6) is 0 Å². The number of ether oxygens (including phenoxy) is 1. The summed E-state index contributed by atoms with van der Waals surface area (Å²) in [5.41, 5.74) is 0. The van der Waals surface area contributed by atoms with Crippen LogP contribution in [0.1, 0.15) is 38.5 Å². The van der Waals surface area contributed by atoms with Crippen LogP contribution in [0.25, 0.3) is 0 Å². The molecule has 1 heterocycles. The number of amides is 2. The second kappa shape index (κ2) is 5.53. The molecule has 0 aromatic carbocycles. The van der Waals surface area contributed by atoms with Crippen LogP contribution in [-0.4, -0.2) is 43.3 Å². The Morgan fingerprint density at radius 3 is 2.62 bits per heavy atom. The first kappa shape index (κ1) is 11.7. The van der Waals surface area contributed by atoms with Gasteiger partial charge in [0.05, 0.1) is 12.1 Å². The largest absolute Gasteiger partial charge is 0.379 e. The molecule has 1 saturated heterocycles. The van der Waals surface area contributed by atoms with Gasteiger partial charge in [0.2, 0.25) is 0 Å². The summed E-state index contributed by atoms with van der Waals surface area (Å²) >= 11 is 0. The Bertz CT molecular complexity index is 239. The molecule has 1 N–H and O–H groups in total. The van der Waals surface area contributed by atoms with E-state index in [4.69, 9.17) is 4.74 Å². The molecule has 4 nitrogen and oxygen atoms in total. The van der Waals surface area contributed by atoms with Gasteiger partial charge in [0, 0.05) is 20.2 Å². The lowest BCUT2D eigenvalue weighted by Gasteiger charge is -2.29. The van der Waals surface area contributed by atoms with Gasteiger partial charge in [-0.05, 0) is 38.5 Å². The number of rotatable bonds is 2. The van der Waals surface area contributed by atoms with Crippen LogP contribution in [0.3, 0.4) is 0 Å². The van der Waals surface area contributed by atoms with Crippen LogP contribution in [-0.2, 0) is 4.74 Å². The zero-order valence-electron chi connectivity index (χ0n) is 10.1. The molecule has 1 aliphatic carbocycles. The molecule has 0 aromatic heterocycles. The van der Waals surface area contributed by atoms with Crippen LogP contribution >= 0.6 is 0 Å². The van der Waals surface area contributed by atoms with Crippen molar-refractivity contribution in [2.45, 2.75) is 50.7 Å². The van der Waals surface area contributed by atoms with E-state index in [0.717, 1.165) is 45.2 Å². The highest BCUT2D eigenvalue weighted by Gasteiger charge is 2.29. The summed E-state index contributed by atoms with van der Waals surface area (Å²) in [5, 5.41) is 3.11. The van der Waals surface area contributed by atoms with Gasteiger partial charge in [-0.25, -0.2) is 4.79 Å². The third-order valence-corrected chi connectivity index (χ3v) is 3.71. The third-order valence-electron chi connectivity index (χ3n) is 3.71. The third kappa shape index (κ3) is 2.67. The number of hydrogen-bond acceptors (Lipinski definition) is 2. The number of piperidine rings is 1. The Morgan fingerprint density at radius 1 is 1.19 bits per heavy atom. The summed E-state index contributed by atoms with van der Waals surface area (Å²) < 4.78 is 5.38. The van der Waals surface area contributed by atoms with E-state index < -0.39 is 0 Å². The number of likely N-dealkylation sites (tertiary alicyclic amines) is 1. The molecular weight excluding hydrogens is 204 g/mol. The topological polar surface area (TPSA) is 41.6 Å². The van der Waals surface area contributed by atoms with E-state index in [1.807, 2.05) is 4.90 Å². The number of methoxy groups -OCH3 is 1. The maximum Gasteiger partial charge on any atom is 0.317 e. The van der Waals surface area contributed by atoms with E-state index in [2.05, 4.69) is 5.32 Å². The van der Waals surface area contributed by atoms with Gasteiger partial charge in [-0.3, -0.25) is 0 Å². The molecule has 92 valence electrons. The Kier molecular flexibility index (Phi) is 4.04. The van der Waals surface area contributed by atoms with Crippen molar-refractivity contribution in [2.75, 3.05) is 20.2 Å². The fourth-order valence-corrected chi connectivity index (χ4v) is 2.72. The standard InChI is InChI=1S/C12H22N2O2/c1-16-11-7-5-6-10(11)13-12(15)14-8-3-2-4-9-14/h10-11H,2-9H2,1H3,(H,13,15). The van der Waals surface area contributed by atoms with Gasteiger partial charge in [0.15, 0.2) is 0 Å². The van der Waals surface area contributed by atoms with Gasteiger partial charge in [-0.2, -0.15) is 0 Å². The first-order valence-electron chi connectivity index (χ1n) is 6.39. The number of carbonyl (C=O) groups is 1. The molecule has 4 heteroatoms. The highest BCUT2D eigenvalue weighted by atomic mass is 16.5. The molecule has 0 bridgehead atoms. The minimum atomic E-state index is 0.105. The molecule has 0 aromatic rings. The average molecular weight is 226 g/mol. The van der Waals surface area contributed by atoms with Gasteiger partial charge in [0.25, 0.3) is 0 Å². The van der Waals surface area contributed by atoms with Crippen molar-refractivity contribution in [1.29, 1.82) is 0 Å². The summed E-state index contributed by atoms with van der Waals surface area (Å²) in [6.07, 6.45) is 7.04. The summed E-state index contributed by atoms with van der Waals surface area (Å²) in [6, 6.07) is 0.327. The quantitative estimate of drug-likeness (QED) is 0.779. The number of nitrogens with one attached hydrogen (secondary N) is 1. The summed E-state index contributed by atoms with van der Waals surface area (Å²) in [5.74, 6) is 0. The highest BCUT2D eigenvalue weighted by molar-refractivity contribution is 5.74. The molecule has 1 saturated carbocycles. The highest BCUT2D eigenvalue weighted by Crippen LogP contribution is 2.22. The summed E-state index contributed by atoms with van der Waals surface area (Å²) in [4.78, 5) is 13.9. The predicted octanol–water partition coefficient (Wildman–Crippen LogP) is 1.75. The van der Waals surface area contributed by atoms with Crippen molar-refractivity contribution >= 4 is 6.03 Å². The minimum absolute atomic E-state index is 0.105. The van der Waals surface area contributed by atoms with Crippen LogP contribution < -0.4 is 5.32 Å². The zero-order valence-corrected chi connectivity index (χ0v) is 10.1. The Labute approximate surface area is 97.3 Å². The van der Waals surface area contributed by atoms with Crippen LogP contribution in [0.2, 0.25) is 0 Å². The maximum atomic E-state index is 12.0. The molecule has 2 amide bonds. The van der Waals surface area contributed by atoms with Crippen LogP contribution in [0.15, 0.2) is 0 Å². The van der Waals surface area contributed by atoms with Gasteiger partial charge >= 0.3 is 6.03 Å². The number of urea groups is 1. The van der Waals surface area contributed by atoms with E-state index in [1.165, 1.54) is 6.42 Å². The van der Waals surface area contributed by atoms with Crippen molar-refractivity contribution in [1.82, 2.24) is 10.2 Å². The monoisotopic (exact) mass is 226 g/mol. The molecule has 16 heavy (non-hydrogen) atoms. The molecule has 2 atom stereocenters. The van der Waals surface area contributed by atoms with E-state index in [-0.39, 0.29) is 18.2 Å². The Hall–Kier alpha value is -0.770. The van der Waals surface area contributed by atoms with E-state index in [0.29, 0.717) is 0 Å². The van der Waals surface area contributed by atoms with Crippen molar-refractivity contribution in [3.05, 3.63) is 0 Å². The van der Waals surface area contributed by atoms with Gasteiger partial charge in [-0.1, -0.05) is 0 Å². The van der Waals surface area contributed by atoms with Gasteiger partial charge in [0.1, 0.15) is 0 Å². The van der Waals surface area contributed by atoms with E-state index in [9.17, 15) is 4.79 Å². The van der Waals surface area contributed by atoms with Gasteiger partial charge < -0.3 is 15.0 Å². The van der Waals surface area contributed by atoms with Crippen molar-refractivity contribution in [3.63, 3.8) is 0 Å². The second-order valence-electron chi connectivity index (χ2n) is 4.81. The fourth-order valence-electron chi connectivity index (χ4n) is 2.72. The molecule has 2 aliphatic rings. The van der Waals surface area contributed by atoms with E-state index in [1.54, 1.807) is 7.11 Å². The smallest absolute Gasteiger partial charge is 0.317 e. The number of hydrogen-bond donors (Lipinski definition) is 1. The first-order valence-corrected chi connectivity index (χ1v) is 6.39. The molecule has 2 unspecified atom stereocenters. The minimum Gasteiger partial charge on any atom is -0.379 e. The number of carbonyl (C=O) groups excluding carboxylic acids is 1. The van der Waals surface area contributed by atoms with Gasteiger partial charge in [-0.15, -0.1) is 0 Å². The lowest BCUT2D eigenvalue weighted by Crippen LogP contribution is -2.49.